The van der Waals surface area contributed by atoms with Crippen LogP contribution in [0, 0.1) is 0 Å². The third kappa shape index (κ3) is 1.41. The van der Waals surface area contributed by atoms with Crippen molar-refractivity contribution in [2.75, 3.05) is 7.11 Å². The minimum Gasteiger partial charge on any atom is -0.504 e. The zero-order valence-corrected chi connectivity index (χ0v) is 7.99. The van der Waals surface area contributed by atoms with Crippen LogP contribution in [0.5, 0.6) is 11.5 Å². The van der Waals surface area contributed by atoms with E-state index >= 15 is 0 Å². The van der Waals surface area contributed by atoms with E-state index in [0.717, 1.165) is 17.7 Å². The average molecular weight is 192 g/mol. The Labute approximate surface area is 82.6 Å². The molecule has 0 spiro atoms. The molecule has 1 aromatic carbocycles. The molecule has 1 fully saturated rings. The predicted octanol–water partition coefficient (Wildman–Crippen LogP) is 2.38. The number of aromatic hydroxyl groups is 1. The highest BCUT2D eigenvalue weighted by molar-refractivity contribution is 5.43. The van der Waals surface area contributed by atoms with Gasteiger partial charge in [-0.3, -0.25) is 0 Å². The fourth-order valence-electron chi connectivity index (χ4n) is 1.48. The molecule has 0 bridgehead atoms. The Hall–Kier alpha value is -1.64. The minimum absolute atomic E-state index is 0.0667. The molecule has 14 heavy (non-hydrogen) atoms. The zero-order valence-electron chi connectivity index (χ0n) is 7.99. The van der Waals surface area contributed by atoms with E-state index in [1.54, 1.807) is 12.1 Å². The van der Waals surface area contributed by atoms with Crippen molar-refractivity contribution < 1.29 is 14.6 Å². The molecule has 1 N–H and O–H groups in total. The summed E-state index contributed by atoms with van der Waals surface area (Å²) in [5, 5.41) is 9.38. The maximum Gasteiger partial charge on any atom is 0.160 e. The van der Waals surface area contributed by atoms with Gasteiger partial charge in [-0.2, -0.15) is 0 Å². The summed E-state index contributed by atoms with van der Waals surface area (Å²) in [6.45, 7) is 3.69. The number of methoxy groups -OCH3 is 1. The van der Waals surface area contributed by atoms with Gasteiger partial charge in [0, 0.05) is 6.42 Å². The van der Waals surface area contributed by atoms with Crippen LogP contribution in [-0.4, -0.2) is 12.2 Å². The first kappa shape index (κ1) is 8.94. The Morgan fingerprint density at radius 1 is 1.57 bits per heavy atom. The molecular formula is C11H12O3. The highest BCUT2D eigenvalue weighted by Crippen LogP contribution is 2.39. The first-order valence-electron chi connectivity index (χ1n) is 4.42. The molecule has 1 atom stereocenters. The summed E-state index contributed by atoms with van der Waals surface area (Å²) < 4.78 is 10.3. The van der Waals surface area contributed by atoms with E-state index in [9.17, 15) is 5.11 Å². The van der Waals surface area contributed by atoms with Gasteiger partial charge >= 0.3 is 0 Å². The van der Waals surface area contributed by atoms with Crippen molar-refractivity contribution in [1.82, 2.24) is 0 Å². The summed E-state index contributed by atoms with van der Waals surface area (Å²) in [5.74, 6) is 1.43. The largest absolute Gasteiger partial charge is 0.504 e. The van der Waals surface area contributed by atoms with Gasteiger partial charge in [-0.1, -0.05) is 12.6 Å². The number of ether oxygens (including phenoxy) is 2. The second-order valence-corrected chi connectivity index (χ2v) is 3.28. The van der Waals surface area contributed by atoms with E-state index in [1.165, 1.54) is 7.11 Å². The Balaban J connectivity index is 2.23. The SMILES string of the molecule is C=C1CC(c2ccc(O)c(OC)c2)O1. The molecule has 1 aromatic rings. The van der Waals surface area contributed by atoms with Crippen molar-refractivity contribution in [2.45, 2.75) is 12.5 Å². The number of hydrogen-bond acceptors (Lipinski definition) is 3. The van der Waals surface area contributed by atoms with Gasteiger partial charge in [-0.05, 0) is 17.7 Å². The predicted molar refractivity (Wildman–Crippen MR) is 52.2 cm³/mol. The number of phenols is 1. The van der Waals surface area contributed by atoms with Gasteiger partial charge in [0.1, 0.15) is 6.10 Å². The lowest BCUT2D eigenvalue weighted by Crippen LogP contribution is -2.15. The van der Waals surface area contributed by atoms with E-state index in [4.69, 9.17) is 9.47 Å². The maximum atomic E-state index is 9.38. The molecule has 1 saturated heterocycles. The Morgan fingerprint density at radius 2 is 2.29 bits per heavy atom. The van der Waals surface area contributed by atoms with Crippen LogP contribution in [0.25, 0.3) is 0 Å². The molecule has 3 heteroatoms. The summed E-state index contributed by atoms with van der Waals surface area (Å²) >= 11 is 0. The molecular weight excluding hydrogens is 180 g/mol. The molecule has 0 radical (unpaired) electrons. The molecule has 1 unspecified atom stereocenters. The van der Waals surface area contributed by atoms with E-state index < -0.39 is 0 Å². The van der Waals surface area contributed by atoms with Crippen molar-refractivity contribution in [1.29, 1.82) is 0 Å². The topological polar surface area (TPSA) is 38.7 Å². The van der Waals surface area contributed by atoms with Crippen molar-refractivity contribution in [3.8, 4) is 11.5 Å². The van der Waals surface area contributed by atoms with Crippen LogP contribution in [0.4, 0.5) is 0 Å². The zero-order chi connectivity index (χ0) is 10.1. The molecule has 74 valence electrons. The van der Waals surface area contributed by atoms with Crippen LogP contribution in [0.2, 0.25) is 0 Å². The van der Waals surface area contributed by atoms with Crippen LogP contribution in [-0.2, 0) is 4.74 Å². The summed E-state index contributed by atoms with van der Waals surface area (Å²) in [4.78, 5) is 0. The Bertz CT molecular complexity index is 363. The molecule has 0 saturated carbocycles. The van der Waals surface area contributed by atoms with Gasteiger partial charge in [-0.25, -0.2) is 0 Å². The van der Waals surface area contributed by atoms with Crippen molar-refractivity contribution in [3.63, 3.8) is 0 Å². The normalized spacial score (nSPS) is 19.8. The third-order valence-corrected chi connectivity index (χ3v) is 2.30. The van der Waals surface area contributed by atoms with E-state index in [0.29, 0.717) is 5.75 Å². The molecule has 1 aliphatic heterocycles. The van der Waals surface area contributed by atoms with Gasteiger partial charge in [-0.15, -0.1) is 0 Å². The summed E-state index contributed by atoms with van der Waals surface area (Å²) in [6, 6.07) is 5.22. The maximum absolute atomic E-state index is 9.38. The lowest BCUT2D eigenvalue weighted by Gasteiger charge is -2.30. The van der Waals surface area contributed by atoms with Gasteiger partial charge in [0.15, 0.2) is 11.5 Å². The fourth-order valence-corrected chi connectivity index (χ4v) is 1.48. The standard InChI is InChI=1S/C11H12O3/c1-7-5-10(14-7)8-3-4-9(12)11(6-8)13-2/h3-4,6,10,12H,1,5H2,2H3. The molecule has 3 nitrogen and oxygen atoms in total. The molecule has 0 aromatic heterocycles. The number of benzene rings is 1. The highest BCUT2D eigenvalue weighted by Gasteiger charge is 2.25. The number of hydrogen-bond donors (Lipinski definition) is 1. The third-order valence-electron chi connectivity index (χ3n) is 2.30. The number of phenolic OH excluding ortho intramolecular Hbond substituents is 1. The Kier molecular flexibility index (Phi) is 2.08. The van der Waals surface area contributed by atoms with E-state index in [2.05, 4.69) is 6.58 Å². The fraction of sp³-hybridized carbons (Fsp3) is 0.273. The minimum atomic E-state index is 0.0667. The second kappa shape index (κ2) is 3.25. The van der Waals surface area contributed by atoms with E-state index in [1.807, 2.05) is 6.07 Å². The molecule has 1 aliphatic rings. The molecule has 1 heterocycles. The smallest absolute Gasteiger partial charge is 0.160 e. The quantitative estimate of drug-likeness (QED) is 0.781. The van der Waals surface area contributed by atoms with Crippen molar-refractivity contribution in [3.05, 3.63) is 36.1 Å². The van der Waals surface area contributed by atoms with Crippen LogP contribution in [0.1, 0.15) is 18.1 Å². The molecule has 0 amide bonds. The summed E-state index contributed by atoms with van der Waals surface area (Å²) in [6.07, 6.45) is 0.908. The van der Waals surface area contributed by atoms with Crippen LogP contribution < -0.4 is 4.74 Å². The average Bonchev–Trinajstić information content (AvgIpc) is 2.14. The molecule has 2 rings (SSSR count). The first-order chi connectivity index (χ1) is 6.70. The monoisotopic (exact) mass is 192 g/mol. The van der Waals surface area contributed by atoms with Crippen LogP contribution >= 0.6 is 0 Å². The Morgan fingerprint density at radius 3 is 2.86 bits per heavy atom. The van der Waals surface area contributed by atoms with Crippen molar-refractivity contribution in [2.24, 2.45) is 0 Å². The van der Waals surface area contributed by atoms with Gasteiger partial charge in [0.2, 0.25) is 0 Å². The van der Waals surface area contributed by atoms with Crippen LogP contribution in [0.3, 0.4) is 0 Å². The lowest BCUT2D eigenvalue weighted by molar-refractivity contribution is 0.0202. The van der Waals surface area contributed by atoms with Gasteiger partial charge < -0.3 is 14.6 Å². The van der Waals surface area contributed by atoms with Crippen molar-refractivity contribution >= 4 is 0 Å². The van der Waals surface area contributed by atoms with Crippen LogP contribution in [0.15, 0.2) is 30.5 Å². The highest BCUT2D eigenvalue weighted by atomic mass is 16.5. The summed E-state index contributed by atoms with van der Waals surface area (Å²) in [5.41, 5.74) is 1.01. The second-order valence-electron chi connectivity index (χ2n) is 3.28. The van der Waals surface area contributed by atoms with Gasteiger partial charge in [0.25, 0.3) is 0 Å². The molecule has 0 aliphatic carbocycles. The summed E-state index contributed by atoms with van der Waals surface area (Å²) in [7, 11) is 1.53. The van der Waals surface area contributed by atoms with Gasteiger partial charge in [0.05, 0.1) is 12.9 Å². The lowest BCUT2D eigenvalue weighted by atomic mass is 10.0. The van der Waals surface area contributed by atoms with E-state index in [-0.39, 0.29) is 11.9 Å². The number of rotatable bonds is 2. The first-order valence-corrected chi connectivity index (χ1v) is 4.42.